The smallest absolute Gasteiger partial charge is 0.0641 e. The van der Waals surface area contributed by atoms with Crippen molar-refractivity contribution in [3.8, 4) is 0 Å². The Labute approximate surface area is 115 Å². The van der Waals surface area contributed by atoms with Crippen molar-refractivity contribution in [2.75, 3.05) is 5.75 Å². The molecule has 0 amide bonds. The van der Waals surface area contributed by atoms with Crippen molar-refractivity contribution in [2.45, 2.75) is 57.9 Å². The minimum Gasteiger partial charge on any atom is -0.271 e. The normalized spacial score (nSPS) is 15.0. The first-order valence-corrected chi connectivity index (χ1v) is 7.73. The van der Waals surface area contributed by atoms with E-state index in [1.807, 2.05) is 16.4 Å². The first-order valence-electron chi connectivity index (χ1n) is 6.68. The topological polar surface area (TPSA) is 55.9 Å². The van der Waals surface area contributed by atoms with Gasteiger partial charge in [0.1, 0.15) is 0 Å². The van der Waals surface area contributed by atoms with Crippen LogP contribution in [0.15, 0.2) is 12.3 Å². The lowest BCUT2D eigenvalue weighted by molar-refractivity contribution is 0.469. The molecule has 5 heteroatoms. The molecule has 0 aromatic carbocycles. The molecule has 1 aromatic rings. The molecule has 18 heavy (non-hydrogen) atoms. The van der Waals surface area contributed by atoms with Crippen LogP contribution in [0.5, 0.6) is 0 Å². The summed E-state index contributed by atoms with van der Waals surface area (Å²) in [6.45, 7) is 8.77. The number of hydrogen-bond donors (Lipinski definition) is 2. The van der Waals surface area contributed by atoms with Crippen LogP contribution in [0.25, 0.3) is 0 Å². The van der Waals surface area contributed by atoms with Gasteiger partial charge in [-0.1, -0.05) is 20.8 Å². The van der Waals surface area contributed by atoms with Crippen LogP contribution in [-0.2, 0) is 6.42 Å². The summed E-state index contributed by atoms with van der Waals surface area (Å²) >= 11 is 1.92. The fourth-order valence-electron chi connectivity index (χ4n) is 1.65. The second-order valence-electron chi connectivity index (χ2n) is 4.99. The van der Waals surface area contributed by atoms with Gasteiger partial charge in [0, 0.05) is 30.5 Å². The average Bonchev–Trinajstić information content (AvgIpc) is 2.81. The van der Waals surface area contributed by atoms with Crippen LogP contribution in [0, 0.1) is 0 Å². The number of nitrogens with two attached hydrogens (primary N) is 1. The number of aromatic nitrogens is 2. The summed E-state index contributed by atoms with van der Waals surface area (Å²) in [5.41, 5.74) is 4.00. The van der Waals surface area contributed by atoms with Gasteiger partial charge in [0.2, 0.25) is 0 Å². The maximum atomic E-state index is 5.60. The van der Waals surface area contributed by atoms with Crippen LogP contribution < -0.4 is 11.3 Å². The Balaban J connectivity index is 2.51. The van der Waals surface area contributed by atoms with Gasteiger partial charge in [0.05, 0.1) is 5.69 Å². The molecule has 1 aromatic heterocycles. The summed E-state index contributed by atoms with van der Waals surface area (Å²) in [4.78, 5) is 0. The van der Waals surface area contributed by atoms with Crippen molar-refractivity contribution in [3.63, 3.8) is 0 Å². The zero-order valence-corrected chi connectivity index (χ0v) is 12.7. The van der Waals surface area contributed by atoms with Gasteiger partial charge in [0.25, 0.3) is 0 Å². The molecule has 0 aliphatic carbocycles. The second kappa shape index (κ2) is 7.81. The second-order valence-corrected chi connectivity index (χ2v) is 6.60. The molecule has 3 N–H and O–H groups in total. The first kappa shape index (κ1) is 15.5. The van der Waals surface area contributed by atoms with E-state index in [-0.39, 0.29) is 6.04 Å². The van der Waals surface area contributed by atoms with E-state index in [4.69, 9.17) is 5.84 Å². The largest absolute Gasteiger partial charge is 0.271 e. The van der Waals surface area contributed by atoms with Crippen molar-refractivity contribution >= 4 is 11.8 Å². The molecule has 2 atom stereocenters. The number of nitrogens with one attached hydrogen (secondary N) is 1. The highest BCUT2D eigenvalue weighted by atomic mass is 32.2. The molecule has 1 heterocycles. The van der Waals surface area contributed by atoms with Gasteiger partial charge in [0.15, 0.2) is 0 Å². The summed E-state index contributed by atoms with van der Waals surface area (Å²) in [7, 11) is 0. The molecule has 104 valence electrons. The highest BCUT2D eigenvalue weighted by molar-refractivity contribution is 7.99. The fraction of sp³-hybridized carbons (Fsp3) is 0.769. The first-order chi connectivity index (χ1) is 8.56. The Morgan fingerprint density at radius 1 is 1.44 bits per heavy atom. The third kappa shape index (κ3) is 5.00. The lowest BCUT2D eigenvalue weighted by Crippen LogP contribution is -2.39. The van der Waals surface area contributed by atoms with Crippen molar-refractivity contribution < 1.29 is 0 Å². The van der Waals surface area contributed by atoms with Crippen molar-refractivity contribution in [2.24, 2.45) is 5.84 Å². The molecule has 0 saturated heterocycles. The van der Waals surface area contributed by atoms with Gasteiger partial charge in [-0.05, 0) is 24.7 Å². The highest BCUT2D eigenvalue weighted by Gasteiger charge is 2.12. The van der Waals surface area contributed by atoms with Gasteiger partial charge in [-0.2, -0.15) is 16.9 Å². The lowest BCUT2D eigenvalue weighted by Gasteiger charge is -2.15. The van der Waals surface area contributed by atoms with E-state index in [0.717, 1.165) is 24.3 Å². The monoisotopic (exact) mass is 270 g/mol. The van der Waals surface area contributed by atoms with Crippen LogP contribution in [0.1, 0.15) is 45.9 Å². The number of thioether (sulfide) groups is 1. The van der Waals surface area contributed by atoms with E-state index in [0.29, 0.717) is 11.3 Å². The van der Waals surface area contributed by atoms with Gasteiger partial charge >= 0.3 is 0 Å². The van der Waals surface area contributed by atoms with Crippen LogP contribution in [0.2, 0.25) is 0 Å². The van der Waals surface area contributed by atoms with Crippen molar-refractivity contribution in [1.29, 1.82) is 0 Å². The average molecular weight is 270 g/mol. The SMILES string of the molecule is CCC(C)n1ccc(CC(CSC(C)C)NN)n1. The summed E-state index contributed by atoms with van der Waals surface area (Å²) in [5, 5.41) is 5.25. The summed E-state index contributed by atoms with van der Waals surface area (Å²) < 4.78 is 2.04. The van der Waals surface area contributed by atoms with Crippen LogP contribution in [-0.4, -0.2) is 26.8 Å². The number of nitrogens with zero attached hydrogens (tertiary/aromatic N) is 2. The molecule has 0 aliphatic heterocycles. The zero-order chi connectivity index (χ0) is 13.5. The maximum absolute atomic E-state index is 5.60. The molecule has 0 radical (unpaired) electrons. The summed E-state index contributed by atoms with van der Waals surface area (Å²) in [5.74, 6) is 6.62. The van der Waals surface area contributed by atoms with Gasteiger partial charge < -0.3 is 0 Å². The van der Waals surface area contributed by atoms with E-state index in [2.05, 4.69) is 50.5 Å². The predicted molar refractivity (Wildman–Crippen MR) is 79.6 cm³/mol. The Bertz CT molecular complexity index is 337. The lowest BCUT2D eigenvalue weighted by atomic mass is 10.2. The molecule has 2 unspecified atom stereocenters. The van der Waals surface area contributed by atoms with Gasteiger partial charge in [-0.15, -0.1) is 0 Å². The summed E-state index contributed by atoms with van der Waals surface area (Å²) in [6, 6.07) is 2.85. The number of rotatable bonds is 8. The van der Waals surface area contributed by atoms with E-state index in [1.165, 1.54) is 0 Å². The molecule has 0 spiro atoms. The minimum absolute atomic E-state index is 0.290. The predicted octanol–water partition coefficient (Wildman–Crippen LogP) is 2.37. The molecule has 0 fully saturated rings. The minimum atomic E-state index is 0.290. The quantitative estimate of drug-likeness (QED) is 0.562. The maximum Gasteiger partial charge on any atom is 0.0641 e. The molecule has 1 rings (SSSR count). The Morgan fingerprint density at radius 3 is 2.72 bits per heavy atom. The third-order valence-corrected chi connectivity index (χ3v) is 4.29. The number of hydrazine groups is 1. The molecular weight excluding hydrogens is 244 g/mol. The van der Waals surface area contributed by atoms with E-state index >= 15 is 0 Å². The number of hydrogen-bond acceptors (Lipinski definition) is 4. The third-order valence-electron chi connectivity index (χ3n) is 3.03. The molecule has 4 nitrogen and oxygen atoms in total. The van der Waals surface area contributed by atoms with Crippen molar-refractivity contribution in [3.05, 3.63) is 18.0 Å². The van der Waals surface area contributed by atoms with Crippen LogP contribution in [0.3, 0.4) is 0 Å². The van der Waals surface area contributed by atoms with Crippen LogP contribution in [0.4, 0.5) is 0 Å². The highest BCUT2D eigenvalue weighted by Crippen LogP contribution is 2.14. The van der Waals surface area contributed by atoms with Crippen molar-refractivity contribution in [1.82, 2.24) is 15.2 Å². The van der Waals surface area contributed by atoms with E-state index in [9.17, 15) is 0 Å². The molecule has 0 saturated carbocycles. The van der Waals surface area contributed by atoms with E-state index in [1.54, 1.807) is 0 Å². The standard InChI is InChI=1S/C13H26N4S/c1-5-11(4)17-7-6-12(16-17)8-13(15-14)9-18-10(2)3/h6-7,10-11,13,15H,5,8-9,14H2,1-4H3. The molecule has 0 aliphatic rings. The Hall–Kier alpha value is -0.520. The molecular formula is C13H26N4S. The Morgan fingerprint density at radius 2 is 2.17 bits per heavy atom. The van der Waals surface area contributed by atoms with Crippen LogP contribution >= 0.6 is 11.8 Å². The van der Waals surface area contributed by atoms with Gasteiger partial charge in [-0.3, -0.25) is 16.0 Å². The zero-order valence-electron chi connectivity index (χ0n) is 11.9. The fourth-order valence-corrected chi connectivity index (χ4v) is 2.48. The van der Waals surface area contributed by atoms with E-state index < -0.39 is 0 Å². The van der Waals surface area contributed by atoms with Gasteiger partial charge in [-0.25, -0.2) is 0 Å². The summed E-state index contributed by atoms with van der Waals surface area (Å²) in [6.07, 6.45) is 4.05. The Kier molecular flexibility index (Phi) is 6.75. The molecule has 0 bridgehead atoms.